The Balaban J connectivity index is 2.11. The third-order valence-electron chi connectivity index (χ3n) is 2.85. The first-order chi connectivity index (χ1) is 7.68. The van der Waals surface area contributed by atoms with Crippen molar-refractivity contribution in [3.63, 3.8) is 0 Å². The summed E-state index contributed by atoms with van der Waals surface area (Å²) in [5, 5.41) is 2.88. The van der Waals surface area contributed by atoms with Gasteiger partial charge in [-0.15, -0.1) is 0 Å². The fraction of sp³-hybridized carbons (Fsp3) is 0.417. The third-order valence-corrected chi connectivity index (χ3v) is 2.85. The smallest absolute Gasteiger partial charge is 0.229 e. The molecule has 1 unspecified atom stereocenters. The summed E-state index contributed by atoms with van der Waals surface area (Å²) in [7, 11) is 0. The predicted molar refractivity (Wildman–Crippen MR) is 63.1 cm³/mol. The minimum absolute atomic E-state index is 0.00139. The molecule has 1 atom stereocenters. The lowest BCUT2D eigenvalue weighted by Gasteiger charge is -2.13. The van der Waals surface area contributed by atoms with Gasteiger partial charge in [0.25, 0.3) is 0 Å². The van der Waals surface area contributed by atoms with Crippen LogP contribution in [0.4, 0.5) is 11.4 Å². The summed E-state index contributed by atoms with van der Waals surface area (Å²) in [5.41, 5.74) is 8.13. The van der Waals surface area contributed by atoms with E-state index in [0.717, 1.165) is 17.7 Å². The second-order valence-corrected chi connectivity index (χ2v) is 4.09. The molecule has 86 valence electrons. The van der Waals surface area contributed by atoms with Gasteiger partial charge < -0.3 is 15.8 Å². The van der Waals surface area contributed by atoms with Crippen LogP contribution in [-0.4, -0.2) is 19.1 Å². The molecule has 1 aromatic rings. The zero-order valence-corrected chi connectivity index (χ0v) is 9.32. The molecule has 4 nitrogen and oxygen atoms in total. The summed E-state index contributed by atoms with van der Waals surface area (Å²) in [6.45, 7) is 3.11. The van der Waals surface area contributed by atoms with Gasteiger partial charge in [0.15, 0.2) is 0 Å². The van der Waals surface area contributed by atoms with Gasteiger partial charge in [-0.3, -0.25) is 4.79 Å². The number of carbonyl (C=O) groups excluding carboxylic acids is 1. The van der Waals surface area contributed by atoms with Crippen LogP contribution in [0.15, 0.2) is 18.2 Å². The summed E-state index contributed by atoms with van der Waals surface area (Å²) in [6.07, 6.45) is 0.789. The van der Waals surface area contributed by atoms with E-state index in [1.165, 1.54) is 0 Å². The molecule has 1 amide bonds. The van der Waals surface area contributed by atoms with Crippen molar-refractivity contribution in [2.45, 2.75) is 13.3 Å². The highest BCUT2D eigenvalue weighted by molar-refractivity contribution is 5.96. The SMILES string of the molecule is Cc1cccc(N)c1NC(=O)C1CCOC1. The average Bonchev–Trinajstić information content (AvgIpc) is 2.76. The lowest BCUT2D eigenvalue weighted by molar-refractivity contribution is -0.119. The highest BCUT2D eigenvalue weighted by Crippen LogP contribution is 2.24. The summed E-state index contributed by atoms with van der Waals surface area (Å²) >= 11 is 0. The summed E-state index contributed by atoms with van der Waals surface area (Å²) in [4.78, 5) is 11.9. The molecule has 0 spiro atoms. The zero-order valence-electron chi connectivity index (χ0n) is 9.32. The first kappa shape index (κ1) is 11.0. The van der Waals surface area contributed by atoms with Crippen molar-refractivity contribution in [2.75, 3.05) is 24.3 Å². The van der Waals surface area contributed by atoms with E-state index < -0.39 is 0 Å². The van der Waals surface area contributed by atoms with Gasteiger partial charge in [0.05, 0.1) is 23.9 Å². The molecular formula is C12H16N2O2. The summed E-state index contributed by atoms with van der Waals surface area (Å²) in [5.74, 6) is -0.0440. The highest BCUT2D eigenvalue weighted by Gasteiger charge is 2.24. The Kier molecular flexibility index (Phi) is 3.10. The number of hydrogen-bond acceptors (Lipinski definition) is 3. The standard InChI is InChI=1S/C12H16N2O2/c1-8-3-2-4-10(13)11(8)14-12(15)9-5-6-16-7-9/h2-4,9H,5-7,13H2,1H3,(H,14,15). The average molecular weight is 220 g/mol. The van der Waals surface area contributed by atoms with E-state index in [0.29, 0.717) is 18.9 Å². The molecule has 0 aromatic heterocycles. The first-order valence-electron chi connectivity index (χ1n) is 5.42. The molecular weight excluding hydrogens is 204 g/mol. The molecule has 1 aliphatic heterocycles. The molecule has 4 heteroatoms. The zero-order chi connectivity index (χ0) is 11.5. The van der Waals surface area contributed by atoms with Crippen LogP contribution in [0.2, 0.25) is 0 Å². The van der Waals surface area contributed by atoms with Crippen LogP contribution in [-0.2, 0) is 9.53 Å². The number of hydrogen-bond donors (Lipinski definition) is 2. The Morgan fingerprint density at radius 1 is 1.56 bits per heavy atom. The Morgan fingerprint density at radius 2 is 2.38 bits per heavy atom. The number of rotatable bonds is 2. The number of para-hydroxylation sites is 1. The van der Waals surface area contributed by atoms with Crippen LogP contribution >= 0.6 is 0 Å². The lowest BCUT2D eigenvalue weighted by Crippen LogP contribution is -2.23. The van der Waals surface area contributed by atoms with Gasteiger partial charge in [-0.25, -0.2) is 0 Å². The summed E-state index contributed by atoms with van der Waals surface area (Å²) < 4.78 is 5.18. The van der Waals surface area contributed by atoms with Crippen molar-refractivity contribution < 1.29 is 9.53 Å². The molecule has 1 fully saturated rings. The monoisotopic (exact) mass is 220 g/mol. The minimum atomic E-state index is -0.0426. The number of nitrogens with one attached hydrogen (secondary N) is 1. The molecule has 1 saturated heterocycles. The maximum absolute atomic E-state index is 11.9. The molecule has 0 radical (unpaired) electrons. The van der Waals surface area contributed by atoms with E-state index in [4.69, 9.17) is 10.5 Å². The van der Waals surface area contributed by atoms with Crippen molar-refractivity contribution in [1.82, 2.24) is 0 Å². The molecule has 0 bridgehead atoms. The van der Waals surface area contributed by atoms with E-state index >= 15 is 0 Å². The fourth-order valence-corrected chi connectivity index (χ4v) is 1.83. The summed E-state index contributed by atoms with van der Waals surface area (Å²) in [6, 6.07) is 5.59. The fourth-order valence-electron chi connectivity index (χ4n) is 1.83. The van der Waals surface area contributed by atoms with Gasteiger partial charge >= 0.3 is 0 Å². The number of nitrogens with two attached hydrogens (primary N) is 1. The Bertz CT molecular complexity index is 378. The van der Waals surface area contributed by atoms with Crippen molar-refractivity contribution >= 4 is 17.3 Å². The van der Waals surface area contributed by atoms with Crippen molar-refractivity contribution in [3.05, 3.63) is 23.8 Å². The predicted octanol–water partition coefficient (Wildman–Crippen LogP) is 1.55. The Hall–Kier alpha value is -1.55. The van der Waals surface area contributed by atoms with Gasteiger partial charge in [0, 0.05) is 6.61 Å². The number of anilines is 2. The topological polar surface area (TPSA) is 64.3 Å². The third kappa shape index (κ3) is 2.17. The Labute approximate surface area is 94.8 Å². The number of amides is 1. The quantitative estimate of drug-likeness (QED) is 0.743. The molecule has 16 heavy (non-hydrogen) atoms. The number of nitrogen functional groups attached to an aromatic ring is 1. The van der Waals surface area contributed by atoms with E-state index in [-0.39, 0.29) is 11.8 Å². The first-order valence-corrected chi connectivity index (χ1v) is 5.42. The molecule has 1 aromatic carbocycles. The number of benzene rings is 1. The van der Waals surface area contributed by atoms with Crippen LogP contribution < -0.4 is 11.1 Å². The van der Waals surface area contributed by atoms with Crippen molar-refractivity contribution in [3.8, 4) is 0 Å². The van der Waals surface area contributed by atoms with Gasteiger partial charge in [0.2, 0.25) is 5.91 Å². The van der Waals surface area contributed by atoms with E-state index in [1.807, 2.05) is 19.1 Å². The number of aryl methyl sites for hydroxylation is 1. The highest BCUT2D eigenvalue weighted by atomic mass is 16.5. The van der Waals surface area contributed by atoms with Crippen LogP contribution in [0.25, 0.3) is 0 Å². The molecule has 1 aliphatic rings. The van der Waals surface area contributed by atoms with Crippen LogP contribution in [0.1, 0.15) is 12.0 Å². The van der Waals surface area contributed by atoms with Gasteiger partial charge in [-0.05, 0) is 25.0 Å². The largest absolute Gasteiger partial charge is 0.397 e. The molecule has 2 rings (SSSR count). The van der Waals surface area contributed by atoms with Crippen molar-refractivity contribution in [1.29, 1.82) is 0 Å². The molecule has 1 heterocycles. The number of carbonyl (C=O) groups is 1. The van der Waals surface area contributed by atoms with Crippen LogP contribution in [0, 0.1) is 12.8 Å². The molecule has 3 N–H and O–H groups in total. The second kappa shape index (κ2) is 4.53. The molecule has 0 aliphatic carbocycles. The Morgan fingerprint density at radius 3 is 3.00 bits per heavy atom. The normalized spacial score (nSPS) is 19.7. The second-order valence-electron chi connectivity index (χ2n) is 4.09. The van der Waals surface area contributed by atoms with Crippen LogP contribution in [0.5, 0.6) is 0 Å². The van der Waals surface area contributed by atoms with Crippen LogP contribution in [0.3, 0.4) is 0 Å². The maximum atomic E-state index is 11.9. The minimum Gasteiger partial charge on any atom is -0.397 e. The van der Waals surface area contributed by atoms with Gasteiger partial charge in [-0.2, -0.15) is 0 Å². The molecule has 0 saturated carbocycles. The van der Waals surface area contributed by atoms with Gasteiger partial charge in [0.1, 0.15) is 0 Å². The van der Waals surface area contributed by atoms with E-state index in [9.17, 15) is 4.79 Å². The number of ether oxygens (including phenoxy) is 1. The van der Waals surface area contributed by atoms with E-state index in [2.05, 4.69) is 5.32 Å². The van der Waals surface area contributed by atoms with Gasteiger partial charge in [-0.1, -0.05) is 12.1 Å². The van der Waals surface area contributed by atoms with E-state index in [1.54, 1.807) is 6.07 Å². The lowest BCUT2D eigenvalue weighted by atomic mass is 10.1. The maximum Gasteiger partial charge on any atom is 0.229 e. The van der Waals surface area contributed by atoms with Crippen molar-refractivity contribution in [2.24, 2.45) is 5.92 Å².